The van der Waals surface area contributed by atoms with Gasteiger partial charge in [-0.15, -0.1) is 4.31 Å². The van der Waals surface area contributed by atoms with Crippen LogP contribution in [0.5, 0.6) is 0 Å². The van der Waals surface area contributed by atoms with Crippen LogP contribution >= 0.6 is 23.2 Å². The second kappa shape index (κ2) is 2.68. The zero-order valence-corrected chi connectivity index (χ0v) is 7.06. The highest BCUT2D eigenvalue weighted by molar-refractivity contribution is 7.95. The van der Waals surface area contributed by atoms with Crippen LogP contribution in [0.15, 0.2) is 9.40 Å². The van der Waals surface area contributed by atoms with Crippen LogP contribution in [0.25, 0.3) is 0 Å². The molecule has 0 amide bonds. The smallest absolute Gasteiger partial charge is 0.256 e. The van der Waals surface area contributed by atoms with E-state index in [9.17, 15) is 4.55 Å². The first-order chi connectivity index (χ1) is 4.13. The van der Waals surface area contributed by atoms with Gasteiger partial charge in [-0.3, -0.25) is 0 Å². The number of halogens is 2. The Kier molecular flexibility index (Phi) is 2.29. The van der Waals surface area contributed by atoms with Crippen molar-refractivity contribution in [1.29, 1.82) is 0 Å². The van der Waals surface area contributed by atoms with Crippen LogP contribution in [0.1, 0.15) is 0 Å². The highest BCUT2D eigenvalue weighted by Gasteiger charge is 2.31. The highest BCUT2D eigenvalue weighted by atomic mass is 35.5. The fourth-order valence-electron chi connectivity index (χ4n) is 0.548. The predicted molar refractivity (Wildman–Crippen MR) is 39.5 cm³/mol. The van der Waals surface area contributed by atoms with Crippen molar-refractivity contribution in [2.45, 2.75) is 0 Å². The van der Waals surface area contributed by atoms with Crippen molar-refractivity contribution < 1.29 is 4.55 Å². The summed E-state index contributed by atoms with van der Waals surface area (Å²) >= 11 is 9.88. The molecule has 5 heteroatoms. The summed E-state index contributed by atoms with van der Waals surface area (Å²) in [6.45, 7) is 0.493. The van der Waals surface area contributed by atoms with Gasteiger partial charge in [0.15, 0.2) is 0 Å². The molecule has 1 aliphatic rings. The standard InChI is InChI=1S/C4H5Cl2NOS/c1-7-2-3(5)4(6)9(7)8/h2H2,1H3. The minimum atomic E-state index is -1.20. The van der Waals surface area contributed by atoms with Crippen LogP contribution in [-0.2, 0) is 11.4 Å². The van der Waals surface area contributed by atoms with Crippen LogP contribution in [0.4, 0.5) is 0 Å². The maximum Gasteiger partial charge on any atom is 0.256 e. The largest absolute Gasteiger partial charge is 0.592 e. The first-order valence-corrected chi connectivity index (χ1v) is 4.16. The average molecular weight is 186 g/mol. The van der Waals surface area contributed by atoms with Gasteiger partial charge in [0.25, 0.3) is 4.36 Å². The Morgan fingerprint density at radius 2 is 2.22 bits per heavy atom. The van der Waals surface area contributed by atoms with Gasteiger partial charge in [0.2, 0.25) is 0 Å². The number of hydrogen-bond acceptors (Lipinski definition) is 2. The van der Waals surface area contributed by atoms with E-state index in [-0.39, 0.29) is 4.36 Å². The molecule has 1 rings (SSSR count). The summed E-state index contributed by atoms with van der Waals surface area (Å²) < 4.78 is 12.7. The van der Waals surface area contributed by atoms with Gasteiger partial charge in [0.1, 0.15) is 5.03 Å². The lowest BCUT2D eigenvalue weighted by molar-refractivity contribution is 0.516. The first-order valence-electron chi connectivity index (χ1n) is 2.30. The van der Waals surface area contributed by atoms with Gasteiger partial charge < -0.3 is 4.55 Å². The number of rotatable bonds is 0. The van der Waals surface area contributed by atoms with Crippen LogP contribution in [0.3, 0.4) is 0 Å². The minimum absolute atomic E-state index is 0.263. The fourth-order valence-corrected chi connectivity index (χ4v) is 2.18. The third kappa shape index (κ3) is 1.36. The maximum atomic E-state index is 10.9. The van der Waals surface area contributed by atoms with Gasteiger partial charge in [0, 0.05) is 7.05 Å². The summed E-state index contributed by atoms with van der Waals surface area (Å²) in [7, 11) is 1.70. The van der Waals surface area contributed by atoms with E-state index in [1.165, 1.54) is 0 Å². The number of likely N-dealkylation sites (N-methyl/N-ethyl adjacent to an activating group) is 1. The molecule has 0 saturated carbocycles. The average Bonchev–Trinajstić information content (AvgIpc) is 1.98. The summed E-state index contributed by atoms with van der Waals surface area (Å²) in [6, 6.07) is 0. The fraction of sp³-hybridized carbons (Fsp3) is 0.500. The van der Waals surface area contributed by atoms with Gasteiger partial charge in [0.05, 0.1) is 17.9 Å². The molecule has 1 unspecified atom stereocenters. The van der Waals surface area contributed by atoms with Gasteiger partial charge in [-0.25, -0.2) is 0 Å². The third-order valence-corrected chi connectivity index (χ3v) is 3.40. The van der Waals surface area contributed by atoms with Crippen molar-refractivity contribution in [3.8, 4) is 0 Å². The van der Waals surface area contributed by atoms with Crippen LogP contribution < -0.4 is 0 Å². The molecular formula is C4H5Cl2NOS. The quantitative estimate of drug-likeness (QED) is 0.532. The molecule has 9 heavy (non-hydrogen) atoms. The van der Waals surface area contributed by atoms with Gasteiger partial charge in [-0.2, -0.15) is 0 Å². The lowest BCUT2D eigenvalue weighted by Crippen LogP contribution is -2.20. The molecule has 0 saturated heterocycles. The normalized spacial score (nSPS) is 30.0. The van der Waals surface area contributed by atoms with Crippen molar-refractivity contribution in [3.63, 3.8) is 0 Å². The lowest BCUT2D eigenvalue weighted by Gasteiger charge is -2.08. The van der Waals surface area contributed by atoms with E-state index in [0.29, 0.717) is 11.6 Å². The molecule has 0 radical (unpaired) electrons. The lowest BCUT2D eigenvalue weighted by atomic mass is 10.6. The zero-order chi connectivity index (χ0) is 7.02. The molecule has 1 atom stereocenters. The Hall–Kier alpha value is 0.590. The van der Waals surface area contributed by atoms with Crippen molar-refractivity contribution in [2.24, 2.45) is 0 Å². The van der Waals surface area contributed by atoms with Crippen molar-refractivity contribution in [2.75, 3.05) is 13.6 Å². The monoisotopic (exact) mass is 185 g/mol. The molecule has 52 valence electrons. The van der Waals surface area contributed by atoms with Crippen LogP contribution in [-0.4, -0.2) is 22.5 Å². The molecular weight excluding hydrogens is 181 g/mol. The van der Waals surface area contributed by atoms with E-state index in [4.69, 9.17) is 23.2 Å². The third-order valence-electron chi connectivity index (χ3n) is 1.01. The van der Waals surface area contributed by atoms with Crippen molar-refractivity contribution >= 4 is 34.6 Å². The summed E-state index contributed by atoms with van der Waals surface area (Å²) in [6.07, 6.45) is 0. The Morgan fingerprint density at radius 1 is 1.67 bits per heavy atom. The van der Waals surface area contributed by atoms with Gasteiger partial charge >= 0.3 is 0 Å². The predicted octanol–water partition coefficient (Wildman–Crippen LogP) is 1.24. The molecule has 2 nitrogen and oxygen atoms in total. The molecule has 1 heterocycles. The van der Waals surface area contributed by atoms with Crippen molar-refractivity contribution in [1.82, 2.24) is 4.31 Å². The van der Waals surface area contributed by atoms with E-state index in [1.807, 2.05) is 0 Å². The van der Waals surface area contributed by atoms with Gasteiger partial charge in [-0.05, 0) is 11.6 Å². The second-order valence-electron chi connectivity index (χ2n) is 1.71. The number of nitrogens with zero attached hydrogens (tertiary/aromatic N) is 1. The first kappa shape index (κ1) is 7.69. The van der Waals surface area contributed by atoms with E-state index < -0.39 is 11.4 Å². The van der Waals surface area contributed by atoms with Crippen molar-refractivity contribution in [3.05, 3.63) is 9.40 Å². The zero-order valence-electron chi connectivity index (χ0n) is 4.73. The van der Waals surface area contributed by atoms with Gasteiger partial charge in [-0.1, -0.05) is 11.6 Å². The summed E-state index contributed by atoms with van der Waals surface area (Å²) in [5.41, 5.74) is 0. The summed E-state index contributed by atoms with van der Waals surface area (Å²) in [5, 5.41) is 0.484. The van der Waals surface area contributed by atoms with E-state index >= 15 is 0 Å². The van der Waals surface area contributed by atoms with E-state index in [2.05, 4.69) is 0 Å². The minimum Gasteiger partial charge on any atom is -0.592 e. The van der Waals surface area contributed by atoms with E-state index in [1.54, 1.807) is 11.4 Å². The molecule has 0 N–H and O–H groups in total. The maximum absolute atomic E-state index is 10.9. The Bertz CT molecular complexity index is 161. The Morgan fingerprint density at radius 3 is 2.33 bits per heavy atom. The topological polar surface area (TPSA) is 26.3 Å². The highest BCUT2D eigenvalue weighted by Crippen LogP contribution is 2.29. The molecule has 0 aromatic rings. The van der Waals surface area contributed by atoms with Crippen LogP contribution in [0.2, 0.25) is 0 Å². The molecule has 0 spiro atoms. The molecule has 0 aliphatic carbocycles. The summed E-state index contributed by atoms with van der Waals surface area (Å²) in [5.74, 6) is 0. The molecule has 1 aliphatic heterocycles. The molecule has 0 aromatic carbocycles. The van der Waals surface area contributed by atoms with Crippen LogP contribution in [0, 0.1) is 0 Å². The number of hydrogen-bond donors (Lipinski definition) is 0. The Labute approximate surface area is 66.7 Å². The molecule has 0 aromatic heterocycles. The summed E-state index contributed by atoms with van der Waals surface area (Å²) in [4.78, 5) is 0. The second-order valence-corrected chi connectivity index (χ2v) is 4.30. The molecule has 0 bridgehead atoms. The Balaban J connectivity index is 2.74. The SMILES string of the molecule is CN1CC(Cl)=C(Cl)[S+]1[O-]. The van der Waals surface area contributed by atoms with E-state index in [0.717, 1.165) is 0 Å². The molecule has 0 fully saturated rings.